The van der Waals surface area contributed by atoms with Gasteiger partial charge < -0.3 is 14.2 Å². The smallest absolute Gasteiger partial charge is 0.306 e. The SMILES string of the molecule is CCC/C=C\CCCCCCCC(=O)OC(COC(=O)CCCCCCCCCCC)COC(=O)CCCCCCCCCCC/C=C\CCCCCCCCCC. The van der Waals surface area contributed by atoms with Gasteiger partial charge in [-0.25, -0.2) is 0 Å². The highest BCUT2D eigenvalue weighted by Gasteiger charge is 2.19. The molecule has 0 aromatic heterocycles. The molecule has 58 heavy (non-hydrogen) atoms. The van der Waals surface area contributed by atoms with Gasteiger partial charge >= 0.3 is 17.9 Å². The van der Waals surface area contributed by atoms with E-state index in [0.717, 1.165) is 77.0 Å². The monoisotopic (exact) mass is 817 g/mol. The molecule has 6 nitrogen and oxygen atoms in total. The van der Waals surface area contributed by atoms with Crippen molar-refractivity contribution in [2.24, 2.45) is 0 Å². The van der Waals surface area contributed by atoms with E-state index in [-0.39, 0.29) is 31.1 Å². The van der Waals surface area contributed by atoms with Crippen LogP contribution in [0.2, 0.25) is 0 Å². The second kappa shape index (κ2) is 47.6. The maximum absolute atomic E-state index is 12.7. The second-order valence-electron chi connectivity index (χ2n) is 17.1. The van der Waals surface area contributed by atoms with Gasteiger partial charge in [-0.15, -0.1) is 0 Å². The normalized spacial score (nSPS) is 12.1. The summed E-state index contributed by atoms with van der Waals surface area (Å²) in [6.45, 7) is 6.56. The molecule has 0 saturated carbocycles. The maximum atomic E-state index is 12.7. The molecule has 0 bridgehead atoms. The summed E-state index contributed by atoms with van der Waals surface area (Å²) in [5.74, 6) is -0.880. The number of hydrogen-bond acceptors (Lipinski definition) is 6. The van der Waals surface area contributed by atoms with Gasteiger partial charge in [-0.05, 0) is 64.2 Å². The van der Waals surface area contributed by atoms with Crippen LogP contribution in [0.4, 0.5) is 0 Å². The quantitative estimate of drug-likeness (QED) is 0.0263. The van der Waals surface area contributed by atoms with Crippen LogP contribution in [0.3, 0.4) is 0 Å². The lowest BCUT2D eigenvalue weighted by molar-refractivity contribution is -0.167. The molecule has 0 N–H and O–H groups in total. The average molecular weight is 817 g/mol. The van der Waals surface area contributed by atoms with Crippen molar-refractivity contribution < 1.29 is 28.6 Å². The Hall–Kier alpha value is -2.11. The standard InChI is InChI=1S/C52H96O6/c1-4-7-10-13-16-19-21-22-23-24-25-26-27-28-29-30-31-34-36-39-42-45-51(54)57-48-49(47-56-50(53)44-41-38-35-32-18-15-12-9-6-3)58-52(55)46-43-40-37-33-20-17-14-11-8-5-2/h11,14,24-25,49H,4-10,12-13,15-23,26-48H2,1-3H3/b14-11-,25-24-. The van der Waals surface area contributed by atoms with Crippen molar-refractivity contribution in [1.29, 1.82) is 0 Å². The fourth-order valence-corrected chi connectivity index (χ4v) is 7.32. The first kappa shape index (κ1) is 55.9. The maximum Gasteiger partial charge on any atom is 0.306 e. The largest absolute Gasteiger partial charge is 0.462 e. The zero-order valence-electron chi connectivity index (χ0n) is 38.8. The first-order chi connectivity index (χ1) is 28.5. The molecule has 340 valence electrons. The van der Waals surface area contributed by atoms with Gasteiger partial charge in [-0.2, -0.15) is 0 Å². The van der Waals surface area contributed by atoms with Crippen molar-refractivity contribution in [1.82, 2.24) is 0 Å². The number of unbranched alkanes of at least 4 members (excludes halogenated alkanes) is 31. The summed E-state index contributed by atoms with van der Waals surface area (Å²) >= 11 is 0. The summed E-state index contributed by atoms with van der Waals surface area (Å²) in [7, 11) is 0. The van der Waals surface area contributed by atoms with Gasteiger partial charge in [0.2, 0.25) is 0 Å². The zero-order valence-corrected chi connectivity index (χ0v) is 38.8. The third-order valence-corrected chi connectivity index (χ3v) is 11.2. The van der Waals surface area contributed by atoms with Crippen LogP contribution < -0.4 is 0 Å². The summed E-state index contributed by atoms with van der Waals surface area (Å²) in [6, 6.07) is 0. The minimum atomic E-state index is -0.769. The molecule has 0 amide bonds. The van der Waals surface area contributed by atoms with E-state index < -0.39 is 6.10 Å². The van der Waals surface area contributed by atoms with Crippen LogP contribution in [0.15, 0.2) is 24.3 Å². The average Bonchev–Trinajstić information content (AvgIpc) is 3.22. The number of hydrogen-bond donors (Lipinski definition) is 0. The van der Waals surface area contributed by atoms with Gasteiger partial charge in [0, 0.05) is 19.3 Å². The highest BCUT2D eigenvalue weighted by molar-refractivity contribution is 5.71. The number of esters is 3. The Morgan fingerprint density at radius 3 is 0.931 bits per heavy atom. The lowest BCUT2D eigenvalue weighted by atomic mass is 10.1. The van der Waals surface area contributed by atoms with Gasteiger partial charge in [-0.1, -0.05) is 212 Å². The molecule has 0 saturated heterocycles. The van der Waals surface area contributed by atoms with Gasteiger partial charge in [0.1, 0.15) is 13.2 Å². The fraction of sp³-hybridized carbons (Fsp3) is 0.865. The van der Waals surface area contributed by atoms with Crippen LogP contribution in [-0.2, 0) is 28.6 Å². The number of rotatable bonds is 46. The number of carbonyl (C=O) groups excluding carboxylic acids is 3. The predicted octanol–water partition coefficient (Wildman–Crippen LogP) is 16.4. The van der Waals surface area contributed by atoms with Crippen molar-refractivity contribution in [3.05, 3.63) is 24.3 Å². The summed E-state index contributed by atoms with van der Waals surface area (Å²) < 4.78 is 16.7. The molecule has 0 radical (unpaired) electrons. The van der Waals surface area contributed by atoms with Gasteiger partial charge in [-0.3, -0.25) is 14.4 Å². The van der Waals surface area contributed by atoms with E-state index in [1.54, 1.807) is 0 Å². The molecule has 6 heteroatoms. The van der Waals surface area contributed by atoms with E-state index in [1.165, 1.54) is 154 Å². The third-order valence-electron chi connectivity index (χ3n) is 11.2. The Kier molecular flexibility index (Phi) is 45.8. The summed E-state index contributed by atoms with van der Waals surface area (Å²) in [4.78, 5) is 37.7. The Labute approximate surface area is 360 Å². The minimum Gasteiger partial charge on any atom is -0.462 e. The van der Waals surface area contributed by atoms with Crippen LogP contribution in [0.25, 0.3) is 0 Å². The molecule has 0 aliphatic heterocycles. The Morgan fingerprint density at radius 2 is 0.603 bits per heavy atom. The third kappa shape index (κ3) is 45.0. The predicted molar refractivity (Wildman–Crippen MR) is 247 cm³/mol. The van der Waals surface area contributed by atoms with Gasteiger partial charge in [0.15, 0.2) is 6.10 Å². The first-order valence-corrected chi connectivity index (χ1v) is 25.3. The van der Waals surface area contributed by atoms with E-state index in [9.17, 15) is 14.4 Å². The highest BCUT2D eigenvalue weighted by Crippen LogP contribution is 2.15. The van der Waals surface area contributed by atoms with Crippen LogP contribution >= 0.6 is 0 Å². The van der Waals surface area contributed by atoms with E-state index in [1.807, 2.05) is 0 Å². The Morgan fingerprint density at radius 1 is 0.328 bits per heavy atom. The molecular weight excluding hydrogens is 721 g/mol. The van der Waals surface area contributed by atoms with Crippen LogP contribution in [0.1, 0.15) is 271 Å². The van der Waals surface area contributed by atoms with Crippen LogP contribution in [-0.4, -0.2) is 37.2 Å². The van der Waals surface area contributed by atoms with Gasteiger partial charge in [0.25, 0.3) is 0 Å². The van der Waals surface area contributed by atoms with E-state index in [4.69, 9.17) is 14.2 Å². The molecule has 0 spiro atoms. The topological polar surface area (TPSA) is 78.9 Å². The lowest BCUT2D eigenvalue weighted by Gasteiger charge is -2.18. The molecule has 0 heterocycles. The van der Waals surface area contributed by atoms with E-state index in [0.29, 0.717) is 19.3 Å². The molecule has 0 aromatic rings. The molecule has 1 unspecified atom stereocenters. The van der Waals surface area contributed by atoms with Crippen molar-refractivity contribution in [2.75, 3.05) is 13.2 Å². The van der Waals surface area contributed by atoms with Gasteiger partial charge in [0.05, 0.1) is 0 Å². The molecule has 0 aliphatic carbocycles. The van der Waals surface area contributed by atoms with Crippen molar-refractivity contribution >= 4 is 17.9 Å². The van der Waals surface area contributed by atoms with Crippen molar-refractivity contribution in [3.63, 3.8) is 0 Å². The molecular formula is C52H96O6. The summed E-state index contributed by atoms with van der Waals surface area (Å²) in [5, 5.41) is 0. The molecule has 0 rings (SSSR count). The van der Waals surface area contributed by atoms with E-state index in [2.05, 4.69) is 45.1 Å². The zero-order chi connectivity index (χ0) is 42.3. The number of carbonyl (C=O) groups is 3. The number of ether oxygens (including phenoxy) is 3. The minimum absolute atomic E-state index is 0.0725. The van der Waals surface area contributed by atoms with Crippen molar-refractivity contribution in [2.45, 2.75) is 277 Å². The Balaban J connectivity index is 4.19. The number of allylic oxidation sites excluding steroid dienone is 4. The highest BCUT2D eigenvalue weighted by atomic mass is 16.6. The molecule has 0 aliphatic rings. The molecule has 0 aromatic carbocycles. The van der Waals surface area contributed by atoms with Crippen LogP contribution in [0, 0.1) is 0 Å². The molecule has 0 fully saturated rings. The molecule has 1 atom stereocenters. The Bertz CT molecular complexity index is 942. The first-order valence-electron chi connectivity index (χ1n) is 25.3. The van der Waals surface area contributed by atoms with Crippen LogP contribution in [0.5, 0.6) is 0 Å². The summed E-state index contributed by atoms with van der Waals surface area (Å²) in [6.07, 6.45) is 53.2. The van der Waals surface area contributed by atoms with Crippen molar-refractivity contribution in [3.8, 4) is 0 Å². The second-order valence-corrected chi connectivity index (χ2v) is 17.1. The summed E-state index contributed by atoms with van der Waals surface area (Å²) in [5.41, 5.74) is 0. The fourth-order valence-electron chi connectivity index (χ4n) is 7.32. The van der Waals surface area contributed by atoms with E-state index >= 15 is 0 Å². The lowest BCUT2D eigenvalue weighted by Crippen LogP contribution is -2.30.